The van der Waals surface area contributed by atoms with Crippen LogP contribution in [0.3, 0.4) is 0 Å². The van der Waals surface area contributed by atoms with E-state index < -0.39 is 0 Å². The molecular formula is C11H24N2O. The van der Waals surface area contributed by atoms with E-state index in [0.717, 1.165) is 19.4 Å². The summed E-state index contributed by atoms with van der Waals surface area (Å²) in [5.74, 6) is 0.816. The van der Waals surface area contributed by atoms with E-state index in [1.165, 1.54) is 0 Å². The first-order chi connectivity index (χ1) is 6.56. The first-order valence-corrected chi connectivity index (χ1v) is 5.50. The van der Waals surface area contributed by atoms with E-state index in [2.05, 4.69) is 31.4 Å². The Morgan fingerprint density at radius 2 is 1.93 bits per heavy atom. The van der Waals surface area contributed by atoms with Crippen LogP contribution in [-0.4, -0.2) is 25.5 Å². The molecule has 3 nitrogen and oxygen atoms in total. The van der Waals surface area contributed by atoms with Crippen LogP contribution in [0.25, 0.3) is 0 Å². The van der Waals surface area contributed by atoms with E-state index in [1.54, 1.807) is 0 Å². The third kappa shape index (κ3) is 8.05. The Bertz CT molecular complexity index is 157. The first kappa shape index (κ1) is 13.4. The molecule has 0 bridgehead atoms. The number of hydrogen-bond acceptors (Lipinski definition) is 2. The van der Waals surface area contributed by atoms with Gasteiger partial charge in [0.15, 0.2) is 0 Å². The van der Waals surface area contributed by atoms with Crippen LogP contribution in [0.2, 0.25) is 0 Å². The maximum absolute atomic E-state index is 11.4. The van der Waals surface area contributed by atoms with Crippen molar-refractivity contribution < 1.29 is 4.79 Å². The highest BCUT2D eigenvalue weighted by atomic mass is 16.1. The van der Waals surface area contributed by atoms with Crippen molar-refractivity contribution in [3.05, 3.63) is 0 Å². The predicted octanol–water partition coefficient (Wildman–Crippen LogP) is 1.54. The van der Waals surface area contributed by atoms with Crippen molar-refractivity contribution >= 4 is 5.91 Å². The summed E-state index contributed by atoms with van der Waals surface area (Å²) in [7, 11) is 1.90. The molecule has 0 spiro atoms. The zero-order valence-electron chi connectivity index (χ0n) is 9.89. The minimum Gasteiger partial charge on any atom is -0.354 e. The Labute approximate surface area is 87.6 Å². The van der Waals surface area contributed by atoms with Gasteiger partial charge in [-0.2, -0.15) is 0 Å². The van der Waals surface area contributed by atoms with Gasteiger partial charge < -0.3 is 10.6 Å². The topological polar surface area (TPSA) is 41.1 Å². The van der Waals surface area contributed by atoms with Crippen LogP contribution in [0, 0.1) is 5.92 Å². The van der Waals surface area contributed by atoms with Crippen LogP contribution < -0.4 is 10.6 Å². The fraction of sp³-hybridized carbons (Fsp3) is 0.909. The molecule has 0 rings (SSSR count). The summed E-state index contributed by atoms with van der Waals surface area (Å²) in [5, 5.41) is 6.03. The van der Waals surface area contributed by atoms with Gasteiger partial charge in [-0.15, -0.1) is 0 Å². The molecule has 0 aliphatic heterocycles. The van der Waals surface area contributed by atoms with E-state index >= 15 is 0 Å². The van der Waals surface area contributed by atoms with Crippen molar-refractivity contribution in [2.24, 2.45) is 5.92 Å². The monoisotopic (exact) mass is 200 g/mol. The van der Waals surface area contributed by atoms with E-state index in [1.807, 2.05) is 7.05 Å². The molecule has 0 aliphatic rings. The standard InChI is InChI=1S/C11H24N2O/c1-9(2)8-10(3)13-11(14)6-5-7-12-4/h9-10,12H,5-8H2,1-4H3,(H,13,14). The Balaban J connectivity index is 3.50. The van der Waals surface area contributed by atoms with Gasteiger partial charge in [0.2, 0.25) is 5.91 Å². The number of hydrogen-bond donors (Lipinski definition) is 2. The van der Waals surface area contributed by atoms with Gasteiger partial charge in [0.05, 0.1) is 0 Å². The summed E-state index contributed by atoms with van der Waals surface area (Å²) < 4.78 is 0. The molecule has 0 saturated heterocycles. The second-order valence-electron chi connectivity index (χ2n) is 4.31. The van der Waals surface area contributed by atoms with E-state index in [9.17, 15) is 4.79 Å². The number of carbonyl (C=O) groups is 1. The molecule has 84 valence electrons. The average Bonchev–Trinajstić information content (AvgIpc) is 2.02. The summed E-state index contributed by atoms with van der Waals surface area (Å²) in [6.07, 6.45) is 2.60. The number of nitrogens with one attached hydrogen (secondary N) is 2. The van der Waals surface area contributed by atoms with Gasteiger partial charge in [-0.25, -0.2) is 0 Å². The Hall–Kier alpha value is -0.570. The Morgan fingerprint density at radius 1 is 1.29 bits per heavy atom. The van der Waals surface area contributed by atoms with Crippen molar-refractivity contribution in [2.75, 3.05) is 13.6 Å². The van der Waals surface area contributed by atoms with Crippen LogP contribution in [-0.2, 0) is 4.79 Å². The lowest BCUT2D eigenvalue weighted by atomic mass is 10.1. The molecule has 0 aromatic heterocycles. The first-order valence-electron chi connectivity index (χ1n) is 5.50. The van der Waals surface area contributed by atoms with E-state index in [0.29, 0.717) is 18.4 Å². The number of rotatable bonds is 7. The summed E-state index contributed by atoms with van der Waals surface area (Å²) >= 11 is 0. The quantitative estimate of drug-likeness (QED) is 0.612. The van der Waals surface area contributed by atoms with Crippen LogP contribution in [0.4, 0.5) is 0 Å². The highest BCUT2D eigenvalue weighted by Crippen LogP contribution is 2.03. The molecule has 1 unspecified atom stereocenters. The van der Waals surface area contributed by atoms with Gasteiger partial charge in [0.1, 0.15) is 0 Å². The van der Waals surface area contributed by atoms with Crippen molar-refractivity contribution in [1.29, 1.82) is 0 Å². The van der Waals surface area contributed by atoms with Crippen LogP contribution in [0.15, 0.2) is 0 Å². The molecule has 14 heavy (non-hydrogen) atoms. The summed E-state index contributed by atoms with van der Waals surface area (Å²) in [5.41, 5.74) is 0. The summed E-state index contributed by atoms with van der Waals surface area (Å²) in [4.78, 5) is 11.4. The van der Waals surface area contributed by atoms with E-state index in [4.69, 9.17) is 0 Å². The Morgan fingerprint density at radius 3 is 2.43 bits per heavy atom. The van der Waals surface area contributed by atoms with Crippen LogP contribution >= 0.6 is 0 Å². The van der Waals surface area contributed by atoms with Crippen molar-refractivity contribution in [2.45, 2.75) is 46.1 Å². The lowest BCUT2D eigenvalue weighted by Gasteiger charge is -2.15. The molecular weight excluding hydrogens is 176 g/mol. The van der Waals surface area contributed by atoms with Gasteiger partial charge in [-0.3, -0.25) is 4.79 Å². The van der Waals surface area contributed by atoms with Crippen LogP contribution in [0.1, 0.15) is 40.0 Å². The predicted molar refractivity (Wildman–Crippen MR) is 60.2 cm³/mol. The third-order valence-electron chi connectivity index (χ3n) is 2.06. The molecule has 0 aromatic carbocycles. The normalized spacial score (nSPS) is 12.9. The van der Waals surface area contributed by atoms with Gasteiger partial charge >= 0.3 is 0 Å². The zero-order chi connectivity index (χ0) is 11.0. The SMILES string of the molecule is CNCCCC(=O)NC(C)CC(C)C. The molecule has 0 radical (unpaired) electrons. The van der Waals surface area contributed by atoms with Crippen molar-refractivity contribution in [1.82, 2.24) is 10.6 Å². The van der Waals surface area contributed by atoms with Gasteiger partial charge in [-0.05, 0) is 39.3 Å². The number of amides is 1. The Kier molecular flexibility index (Phi) is 7.48. The van der Waals surface area contributed by atoms with Crippen LogP contribution in [0.5, 0.6) is 0 Å². The molecule has 1 amide bonds. The summed E-state index contributed by atoms with van der Waals surface area (Å²) in [6.45, 7) is 7.31. The van der Waals surface area contributed by atoms with Gasteiger partial charge in [0, 0.05) is 12.5 Å². The minimum atomic E-state index is 0.174. The molecule has 2 N–H and O–H groups in total. The fourth-order valence-electron chi connectivity index (χ4n) is 1.54. The maximum Gasteiger partial charge on any atom is 0.220 e. The summed E-state index contributed by atoms with van der Waals surface area (Å²) in [6, 6.07) is 0.303. The molecule has 0 aromatic rings. The smallest absolute Gasteiger partial charge is 0.220 e. The lowest BCUT2D eigenvalue weighted by molar-refractivity contribution is -0.121. The van der Waals surface area contributed by atoms with Crippen molar-refractivity contribution in [3.8, 4) is 0 Å². The zero-order valence-corrected chi connectivity index (χ0v) is 9.89. The van der Waals surface area contributed by atoms with Crippen molar-refractivity contribution in [3.63, 3.8) is 0 Å². The largest absolute Gasteiger partial charge is 0.354 e. The lowest BCUT2D eigenvalue weighted by Crippen LogP contribution is -2.33. The second-order valence-corrected chi connectivity index (χ2v) is 4.31. The van der Waals surface area contributed by atoms with E-state index in [-0.39, 0.29) is 5.91 Å². The number of carbonyl (C=O) groups excluding carboxylic acids is 1. The minimum absolute atomic E-state index is 0.174. The average molecular weight is 200 g/mol. The fourth-order valence-corrected chi connectivity index (χ4v) is 1.54. The highest BCUT2D eigenvalue weighted by Gasteiger charge is 2.08. The molecule has 3 heteroatoms. The molecule has 0 heterocycles. The maximum atomic E-state index is 11.4. The molecule has 0 saturated carbocycles. The van der Waals surface area contributed by atoms with Gasteiger partial charge in [-0.1, -0.05) is 13.8 Å². The highest BCUT2D eigenvalue weighted by molar-refractivity contribution is 5.76. The molecule has 0 fully saturated rings. The molecule has 0 aliphatic carbocycles. The third-order valence-corrected chi connectivity index (χ3v) is 2.06. The molecule has 1 atom stereocenters. The van der Waals surface area contributed by atoms with Gasteiger partial charge in [0.25, 0.3) is 0 Å². The second kappa shape index (κ2) is 7.80.